The number of pyridine rings is 2. The number of aromatic nitrogens is 2. The molecule has 6 heterocycles. The molecule has 1 amide bonds. The van der Waals surface area contributed by atoms with Crippen molar-refractivity contribution in [3.8, 4) is 11.1 Å². The minimum Gasteiger partial charge on any atom is -0.381 e. The molecule has 1 aromatic carbocycles. The van der Waals surface area contributed by atoms with Gasteiger partial charge >= 0.3 is 0 Å². The van der Waals surface area contributed by atoms with Gasteiger partial charge in [0, 0.05) is 62.3 Å². The second-order valence-electron chi connectivity index (χ2n) is 12.1. The third-order valence-corrected chi connectivity index (χ3v) is 9.45. The van der Waals surface area contributed by atoms with E-state index >= 15 is 0 Å². The summed E-state index contributed by atoms with van der Waals surface area (Å²) in [5, 5.41) is 9.89. The van der Waals surface area contributed by atoms with Gasteiger partial charge in [-0.25, -0.2) is 18.7 Å². The van der Waals surface area contributed by atoms with Crippen LogP contribution in [0.2, 0.25) is 0 Å². The molecule has 41 heavy (non-hydrogen) atoms. The lowest BCUT2D eigenvalue weighted by Crippen LogP contribution is -2.26. The molecule has 3 fully saturated rings. The predicted octanol–water partition coefficient (Wildman–Crippen LogP) is 4.93. The van der Waals surface area contributed by atoms with Gasteiger partial charge in [-0.05, 0) is 59.7 Å². The maximum Gasteiger partial charge on any atom is 0.261 e. The van der Waals surface area contributed by atoms with Crippen LogP contribution in [0.1, 0.15) is 64.3 Å². The summed E-state index contributed by atoms with van der Waals surface area (Å²) in [4.78, 5) is 24.4. The number of carbonyl (C=O) groups excluding carboxylic acids is 1. The fourth-order valence-electron chi connectivity index (χ4n) is 7.13. The predicted molar refractivity (Wildman–Crippen MR) is 151 cm³/mol. The summed E-state index contributed by atoms with van der Waals surface area (Å²) in [6, 6.07) is 10.1. The summed E-state index contributed by atoms with van der Waals surface area (Å²) in [7, 11) is 0. The van der Waals surface area contributed by atoms with Crippen LogP contribution in [0.15, 0.2) is 36.5 Å². The first-order chi connectivity index (χ1) is 19.9. The Hall–Kier alpha value is -3.63. The quantitative estimate of drug-likeness (QED) is 0.395. The largest absolute Gasteiger partial charge is 0.381 e. The Bertz CT molecular complexity index is 1570. The van der Waals surface area contributed by atoms with Gasteiger partial charge in [0.05, 0.1) is 30.1 Å². The Balaban J connectivity index is 1.14. The van der Waals surface area contributed by atoms with E-state index < -0.39 is 5.92 Å². The highest BCUT2D eigenvalue weighted by atomic mass is 19.3. The molecule has 2 aromatic heterocycles. The number of nitrogens with zero attached hydrogens (tertiary/aromatic N) is 3. The van der Waals surface area contributed by atoms with Crippen molar-refractivity contribution in [3.05, 3.63) is 64.5 Å². The second kappa shape index (κ2) is 9.19. The van der Waals surface area contributed by atoms with Crippen LogP contribution >= 0.6 is 0 Å². The highest BCUT2D eigenvalue weighted by Gasteiger charge is 2.51. The van der Waals surface area contributed by atoms with Gasteiger partial charge in [-0.1, -0.05) is 12.1 Å². The van der Waals surface area contributed by atoms with Crippen LogP contribution in [0.3, 0.4) is 0 Å². The summed E-state index contributed by atoms with van der Waals surface area (Å²) in [5.74, 6) is -1.03. The molecule has 10 heteroatoms. The third kappa shape index (κ3) is 4.26. The number of hydrogen-bond donors (Lipinski definition) is 3. The number of alkyl halides is 2. The number of rotatable bonds is 6. The summed E-state index contributed by atoms with van der Waals surface area (Å²) in [6.45, 7) is 3.13. The Morgan fingerprint density at radius 3 is 2.78 bits per heavy atom. The van der Waals surface area contributed by atoms with E-state index in [2.05, 4.69) is 33.1 Å². The van der Waals surface area contributed by atoms with E-state index in [1.165, 1.54) is 5.56 Å². The van der Waals surface area contributed by atoms with E-state index in [4.69, 9.17) is 9.72 Å². The average molecular weight is 559 g/mol. The minimum atomic E-state index is -2.66. The molecule has 1 spiro atoms. The molecule has 212 valence electrons. The van der Waals surface area contributed by atoms with E-state index in [-0.39, 0.29) is 30.2 Å². The van der Waals surface area contributed by atoms with Gasteiger partial charge in [0.15, 0.2) is 0 Å². The van der Waals surface area contributed by atoms with Crippen molar-refractivity contribution in [1.82, 2.24) is 20.2 Å². The number of anilines is 3. The van der Waals surface area contributed by atoms with Crippen LogP contribution in [0.25, 0.3) is 11.1 Å². The van der Waals surface area contributed by atoms with Gasteiger partial charge in [0.25, 0.3) is 11.8 Å². The molecule has 4 aliphatic heterocycles. The zero-order chi connectivity index (χ0) is 27.8. The van der Waals surface area contributed by atoms with Gasteiger partial charge < -0.3 is 20.7 Å². The number of amides is 1. The Kier molecular flexibility index (Phi) is 5.63. The Labute approximate surface area is 236 Å². The van der Waals surface area contributed by atoms with Crippen molar-refractivity contribution in [2.75, 3.05) is 43.5 Å². The van der Waals surface area contributed by atoms with E-state index in [9.17, 15) is 13.6 Å². The molecule has 1 atom stereocenters. The molecule has 8 nitrogen and oxygen atoms in total. The monoisotopic (exact) mass is 558 g/mol. The molecule has 1 saturated carbocycles. The number of halogens is 2. The number of benzene rings is 1. The number of ether oxygens (including phenoxy) is 1. The van der Waals surface area contributed by atoms with Crippen molar-refractivity contribution in [2.24, 2.45) is 0 Å². The lowest BCUT2D eigenvalue weighted by Gasteiger charge is -2.21. The average Bonchev–Trinajstić information content (AvgIpc) is 3.33. The maximum atomic E-state index is 14.0. The third-order valence-electron chi connectivity index (χ3n) is 9.45. The standard InChI is InChI=1S/C31H32F2N6O2/c32-31(33)9-11-39(17-31)14-24-19(18-6-12-41-15-18)2-4-25(38-24)37-23-3-1-20(22-13-35-29(40)26(22)23)21-5-10-34-28-27(21)30(7-8-30)16-36-28/h1-5,10,18H,6-9,11-17H2,(H,34,36)(H,35,40)(H,37,38)/t18-/m1/s1. The number of likely N-dealkylation sites (tertiary alicyclic amines) is 1. The molecule has 2 saturated heterocycles. The van der Waals surface area contributed by atoms with Gasteiger partial charge in [-0.2, -0.15) is 0 Å². The van der Waals surface area contributed by atoms with E-state index in [0.717, 1.165) is 59.6 Å². The number of fused-ring (bicyclic) bond motifs is 3. The molecule has 5 aliphatic rings. The van der Waals surface area contributed by atoms with Gasteiger partial charge in [-0.3, -0.25) is 9.69 Å². The molecule has 0 radical (unpaired) electrons. The first-order valence-corrected chi connectivity index (χ1v) is 14.5. The molecule has 0 unspecified atom stereocenters. The van der Waals surface area contributed by atoms with E-state index in [0.29, 0.717) is 49.9 Å². The van der Waals surface area contributed by atoms with Crippen LogP contribution in [0.5, 0.6) is 0 Å². The highest BCUT2D eigenvalue weighted by Crippen LogP contribution is 2.57. The SMILES string of the molecule is O=C1NCc2c(-c3ccnc4c3C3(CC3)CN4)ccc(Nc3ccc([C@@H]4CCOC4)c(CN4CCC(F)(F)C4)n3)c21. The minimum absolute atomic E-state index is 0.117. The molecular formula is C31H32F2N6O2. The first kappa shape index (κ1) is 25.1. The summed E-state index contributed by atoms with van der Waals surface area (Å²) < 4.78 is 33.5. The summed E-state index contributed by atoms with van der Waals surface area (Å²) >= 11 is 0. The molecule has 0 bridgehead atoms. The molecule has 8 rings (SSSR count). The summed E-state index contributed by atoms with van der Waals surface area (Å²) in [5.41, 5.74) is 7.74. The van der Waals surface area contributed by atoms with Crippen LogP contribution in [-0.4, -0.2) is 59.5 Å². The van der Waals surface area contributed by atoms with Crippen molar-refractivity contribution in [3.63, 3.8) is 0 Å². The van der Waals surface area contributed by atoms with Crippen molar-refractivity contribution < 1.29 is 18.3 Å². The molecule has 1 aliphatic carbocycles. The Morgan fingerprint density at radius 2 is 2.00 bits per heavy atom. The first-order valence-electron chi connectivity index (χ1n) is 14.5. The van der Waals surface area contributed by atoms with Gasteiger partial charge in [0.2, 0.25) is 0 Å². The van der Waals surface area contributed by atoms with Crippen molar-refractivity contribution in [2.45, 2.75) is 56.0 Å². The topological polar surface area (TPSA) is 91.4 Å². The lowest BCUT2D eigenvalue weighted by atomic mass is 9.88. The van der Waals surface area contributed by atoms with Crippen LogP contribution in [0, 0.1) is 0 Å². The van der Waals surface area contributed by atoms with E-state index in [1.807, 2.05) is 24.4 Å². The van der Waals surface area contributed by atoms with Crippen LogP contribution in [0.4, 0.5) is 26.1 Å². The molecule has 3 N–H and O–H groups in total. The molecular weight excluding hydrogens is 526 g/mol. The fourth-order valence-corrected chi connectivity index (χ4v) is 7.13. The van der Waals surface area contributed by atoms with E-state index in [1.54, 1.807) is 4.90 Å². The smallest absolute Gasteiger partial charge is 0.261 e. The Morgan fingerprint density at radius 1 is 1.10 bits per heavy atom. The van der Waals surface area contributed by atoms with Gasteiger partial charge in [0.1, 0.15) is 11.6 Å². The highest BCUT2D eigenvalue weighted by molar-refractivity contribution is 6.06. The normalized spacial score (nSPS) is 23.4. The second-order valence-corrected chi connectivity index (χ2v) is 12.1. The lowest BCUT2D eigenvalue weighted by molar-refractivity contribution is 0.0113. The zero-order valence-corrected chi connectivity index (χ0v) is 22.7. The number of carbonyl (C=O) groups is 1. The van der Waals surface area contributed by atoms with Gasteiger partial charge in [-0.15, -0.1) is 0 Å². The number of nitrogens with one attached hydrogen (secondary N) is 3. The van der Waals surface area contributed by atoms with Crippen LogP contribution < -0.4 is 16.0 Å². The van der Waals surface area contributed by atoms with Crippen molar-refractivity contribution >= 4 is 23.2 Å². The zero-order valence-electron chi connectivity index (χ0n) is 22.7. The maximum absolute atomic E-state index is 14.0. The fraction of sp³-hybridized carbons (Fsp3) is 0.452. The molecule has 3 aromatic rings. The summed E-state index contributed by atoms with van der Waals surface area (Å²) in [6.07, 6.45) is 4.90. The number of hydrogen-bond acceptors (Lipinski definition) is 7. The van der Waals surface area contributed by atoms with Crippen LogP contribution in [-0.2, 0) is 23.2 Å². The van der Waals surface area contributed by atoms with Crippen molar-refractivity contribution in [1.29, 1.82) is 0 Å².